The molecular formula is C13H14ClN5. The third-order valence-electron chi connectivity index (χ3n) is 3.79. The highest BCUT2D eigenvalue weighted by Crippen LogP contribution is 2.49. The number of hydrogen-bond acceptors (Lipinski definition) is 5. The second-order valence-electron chi connectivity index (χ2n) is 4.85. The number of nitrogens with zero attached hydrogens (tertiary/aromatic N) is 3. The van der Waals surface area contributed by atoms with Crippen LogP contribution >= 0.6 is 11.6 Å². The van der Waals surface area contributed by atoms with Crippen molar-refractivity contribution >= 4 is 23.4 Å². The van der Waals surface area contributed by atoms with Gasteiger partial charge in [0.25, 0.3) is 0 Å². The molecule has 0 unspecified atom stereocenters. The first-order valence-electron chi connectivity index (χ1n) is 6.14. The van der Waals surface area contributed by atoms with E-state index in [0.717, 1.165) is 30.5 Å². The normalized spacial score (nSPS) is 16.9. The van der Waals surface area contributed by atoms with Crippen LogP contribution in [0.15, 0.2) is 24.3 Å². The molecule has 1 aliphatic rings. The molecule has 0 bridgehead atoms. The molecule has 0 spiro atoms. The topological polar surface area (TPSA) is 90.7 Å². The number of anilines is 2. The molecule has 1 aromatic heterocycles. The number of halogens is 1. The summed E-state index contributed by atoms with van der Waals surface area (Å²) in [6, 6.07) is 7.79. The van der Waals surface area contributed by atoms with Gasteiger partial charge in [0.1, 0.15) is 5.69 Å². The van der Waals surface area contributed by atoms with Crippen molar-refractivity contribution in [1.29, 1.82) is 0 Å². The molecule has 0 radical (unpaired) electrons. The van der Waals surface area contributed by atoms with Crippen molar-refractivity contribution < 1.29 is 0 Å². The summed E-state index contributed by atoms with van der Waals surface area (Å²) in [5.41, 5.74) is 13.1. The Morgan fingerprint density at radius 3 is 2.26 bits per heavy atom. The summed E-state index contributed by atoms with van der Waals surface area (Å²) in [6.45, 7) is 0. The standard InChI is InChI=1S/C13H14ClN5/c14-9-4-2-8(3-5-9)13(6-1-7-13)10-11(15)17-12(16)19-18-10/h2-5H,1,6-7H2,(H4,15,16,17,19). The maximum atomic E-state index is 5.96. The van der Waals surface area contributed by atoms with Gasteiger partial charge in [-0.3, -0.25) is 0 Å². The van der Waals surface area contributed by atoms with Crippen LogP contribution in [0.3, 0.4) is 0 Å². The van der Waals surface area contributed by atoms with Crippen LogP contribution in [-0.2, 0) is 5.41 Å². The Labute approximate surface area is 116 Å². The highest BCUT2D eigenvalue weighted by Gasteiger charge is 2.43. The van der Waals surface area contributed by atoms with Crippen molar-refractivity contribution in [3.63, 3.8) is 0 Å². The van der Waals surface area contributed by atoms with Crippen molar-refractivity contribution in [2.75, 3.05) is 11.5 Å². The lowest BCUT2D eigenvalue weighted by molar-refractivity contribution is 0.292. The molecule has 3 rings (SSSR count). The van der Waals surface area contributed by atoms with Crippen molar-refractivity contribution in [2.24, 2.45) is 0 Å². The van der Waals surface area contributed by atoms with Crippen LogP contribution in [0.1, 0.15) is 30.5 Å². The second-order valence-corrected chi connectivity index (χ2v) is 5.28. The number of benzene rings is 1. The van der Waals surface area contributed by atoms with Gasteiger partial charge < -0.3 is 11.5 Å². The summed E-state index contributed by atoms with van der Waals surface area (Å²) in [5.74, 6) is 0.467. The molecule has 0 amide bonds. The summed E-state index contributed by atoms with van der Waals surface area (Å²) >= 11 is 5.94. The first-order valence-corrected chi connectivity index (χ1v) is 6.52. The van der Waals surface area contributed by atoms with E-state index in [9.17, 15) is 0 Å². The molecule has 1 aliphatic carbocycles. The molecule has 4 N–H and O–H groups in total. The monoisotopic (exact) mass is 275 g/mol. The van der Waals surface area contributed by atoms with Crippen LogP contribution in [-0.4, -0.2) is 15.2 Å². The highest BCUT2D eigenvalue weighted by molar-refractivity contribution is 6.30. The van der Waals surface area contributed by atoms with Gasteiger partial charge in [-0.25, -0.2) is 0 Å². The Hall–Kier alpha value is -1.88. The Kier molecular flexibility index (Phi) is 2.78. The van der Waals surface area contributed by atoms with E-state index in [1.807, 2.05) is 24.3 Å². The molecular weight excluding hydrogens is 262 g/mol. The van der Waals surface area contributed by atoms with Crippen LogP contribution in [0.5, 0.6) is 0 Å². The van der Waals surface area contributed by atoms with E-state index in [4.69, 9.17) is 23.1 Å². The molecule has 0 atom stereocenters. The van der Waals surface area contributed by atoms with Gasteiger partial charge in [0.15, 0.2) is 5.82 Å². The molecule has 98 valence electrons. The number of nitrogen functional groups attached to an aromatic ring is 2. The molecule has 1 heterocycles. The van der Waals surface area contributed by atoms with Crippen LogP contribution in [0, 0.1) is 0 Å². The van der Waals surface area contributed by atoms with Gasteiger partial charge in [-0.2, -0.15) is 4.98 Å². The summed E-state index contributed by atoms with van der Waals surface area (Å²) in [6.07, 6.45) is 3.10. The zero-order chi connectivity index (χ0) is 13.5. The lowest BCUT2D eigenvalue weighted by Crippen LogP contribution is -2.37. The van der Waals surface area contributed by atoms with Gasteiger partial charge in [-0.15, -0.1) is 10.2 Å². The van der Waals surface area contributed by atoms with Crippen molar-refractivity contribution in [1.82, 2.24) is 15.2 Å². The quantitative estimate of drug-likeness (QED) is 0.876. The van der Waals surface area contributed by atoms with Gasteiger partial charge in [0.05, 0.1) is 0 Å². The van der Waals surface area contributed by atoms with E-state index >= 15 is 0 Å². The van der Waals surface area contributed by atoms with Crippen molar-refractivity contribution in [3.05, 3.63) is 40.5 Å². The van der Waals surface area contributed by atoms with E-state index in [1.54, 1.807) is 0 Å². The minimum Gasteiger partial charge on any atom is -0.382 e. The minimum atomic E-state index is -0.192. The minimum absolute atomic E-state index is 0.104. The van der Waals surface area contributed by atoms with Crippen LogP contribution in [0.2, 0.25) is 5.02 Å². The largest absolute Gasteiger partial charge is 0.382 e. The molecule has 1 fully saturated rings. The zero-order valence-electron chi connectivity index (χ0n) is 10.3. The molecule has 19 heavy (non-hydrogen) atoms. The van der Waals surface area contributed by atoms with Crippen molar-refractivity contribution in [3.8, 4) is 0 Å². The summed E-state index contributed by atoms with van der Waals surface area (Å²) in [4.78, 5) is 4.02. The number of rotatable bonds is 2. The first kappa shape index (κ1) is 12.2. The van der Waals surface area contributed by atoms with Crippen molar-refractivity contribution in [2.45, 2.75) is 24.7 Å². The molecule has 1 aromatic carbocycles. The second kappa shape index (κ2) is 4.35. The predicted octanol–water partition coefficient (Wildman–Crippen LogP) is 2.16. The lowest BCUT2D eigenvalue weighted by atomic mass is 9.62. The number of nitrogens with two attached hydrogens (primary N) is 2. The maximum absolute atomic E-state index is 5.96. The summed E-state index contributed by atoms with van der Waals surface area (Å²) in [7, 11) is 0. The van der Waals surface area contributed by atoms with Gasteiger partial charge in [0, 0.05) is 10.4 Å². The Balaban J connectivity index is 2.10. The molecule has 0 saturated heterocycles. The number of aromatic nitrogens is 3. The van der Waals surface area contributed by atoms with E-state index < -0.39 is 0 Å². The van der Waals surface area contributed by atoms with Gasteiger partial charge >= 0.3 is 0 Å². The lowest BCUT2D eigenvalue weighted by Gasteiger charge is -2.41. The predicted molar refractivity (Wildman–Crippen MR) is 74.7 cm³/mol. The average Bonchev–Trinajstić information content (AvgIpc) is 2.32. The summed E-state index contributed by atoms with van der Waals surface area (Å²) < 4.78 is 0. The van der Waals surface area contributed by atoms with Gasteiger partial charge in [-0.1, -0.05) is 30.2 Å². The fourth-order valence-electron chi connectivity index (χ4n) is 2.65. The maximum Gasteiger partial charge on any atom is 0.242 e. The van der Waals surface area contributed by atoms with Crippen LogP contribution < -0.4 is 11.5 Å². The molecule has 0 aliphatic heterocycles. The zero-order valence-corrected chi connectivity index (χ0v) is 11.1. The Morgan fingerprint density at radius 1 is 1.05 bits per heavy atom. The fraction of sp³-hybridized carbons (Fsp3) is 0.308. The van der Waals surface area contributed by atoms with E-state index in [2.05, 4.69) is 15.2 Å². The van der Waals surface area contributed by atoms with Gasteiger partial charge in [0.2, 0.25) is 5.95 Å². The van der Waals surface area contributed by atoms with E-state index in [1.165, 1.54) is 0 Å². The average molecular weight is 276 g/mol. The fourth-order valence-corrected chi connectivity index (χ4v) is 2.78. The SMILES string of the molecule is Nc1nnc(C2(c3ccc(Cl)cc3)CCC2)c(N)n1. The molecule has 2 aromatic rings. The third kappa shape index (κ3) is 1.90. The van der Waals surface area contributed by atoms with Crippen LogP contribution in [0.4, 0.5) is 11.8 Å². The van der Waals surface area contributed by atoms with Gasteiger partial charge in [-0.05, 0) is 30.5 Å². The smallest absolute Gasteiger partial charge is 0.242 e. The molecule has 1 saturated carbocycles. The third-order valence-corrected chi connectivity index (χ3v) is 4.04. The summed E-state index contributed by atoms with van der Waals surface area (Å²) in [5, 5.41) is 8.73. The Morgan fingerprint density at radius 2 is 1.74 bits per heavy atom. The Bertz CT molecular complexity index is 607. The number of hydrogen-bond donors (Lipinski definition) is 2. The molecule has 5 nitrogen and oxygen atoms in total. The van der Waals surface area contributed by atoms with E-state index in [0.29, 0.717) is 10.8 Å². The first-order chi connectivity index (χ1) is 9.12. The van der Waals surface area contributed by atoms with E-state index in [-0.39, 0.29) is 11.4 Å². The van der Waals surface area contributed by atoms with Crippen LogP contribution in [0.25, 0.3) is 0 Å². The molecule has 6 heteroatoms. The highest BCUT2D eigenvalue weighted by atomic mass is 35.5.